The van der Waals surface area contributed by atoms with Crippen LogP contribution in [0.1, 0.15) is 12.0 Å². The highest BCUT2D eigenvalue weighted by atomic mass is 16.5. The van der Waals surface area contributed by atoms with Gasteiger partial charge in [0.05, 0.1) is 26.2 Å². The minimum atomic E-state index is -0.780. The molecule has 2 amide bonds. The van der Waals surface area contributed by atoms with Gasteiger partial charge in [0.1, 0.15) is 5.75 Å². The van der Waals surface area contributed by atoms with Crippen molar-refractivity contribution in [2.75, 3.05) is 40.5 Å². The third-order valence-electron chi connectivity index (χ3n) is 3.24. The van der Waals surface area contributed by atoms with Crippen LogP contribution in [0.5, 0.6) is 5.75 Å². The van der Waals surface area contributed by atoms with Crippen LogP contribution in [-0.2, 0) is 20.7 Å². The van der Waals surface area contributed by atoms with Crippen LogP contribution in [0.2, 0.25) is 0 Å². The number of hydrogen-bond donors (Lipinski definition) is 1. The molecule has 0 saturated heterocycles. The van der Waals surface area contributed by atoms with Gasteiger partial charge in [-0.1, -0.05) is 12.1 Å². The van der Waals surface area contributed by atoms with Crippen molar-refractivity contribution in [3.63, 3.8) is 0 Å². The predicted octanol–water partition coefficient (Wildman–Crippen LogP) is 1.40. The predicted molar refractivity (Wildman–Crippen MR) is 89.6 cm³/mol. The average Bonchev–Trinajstić information content (AvgIpc) is 2.58. The Morgan fingerprint density at radius 2 is 1.88 bits per heavy atom. The Bertz CT molecular complexity index is 504. The summed E-state index contributed by atoms with van der Waals surface area (Å²) >= 11 is 0. The fourth-order valence-corrected chi connectivity index (χ4v) is 1.84. The maximum Gasteiger partial charge on any atom is 0.404 e. The van der Waals surface area contributed by atoms with Crippen molar-refractivity contribution < 1.29 is 23.8 Å². The molecule has 2 N–H and O–H groups in total. The van der Waals surface area contributed by atoms with Gasteiger partial charge < -0.3 is 24.8 Å². The van der Waals surface area contributed by atoms with Crippen molar-refractivity contribution in [2.24, 2.45) is 5.73 Å². The van der Waals surface area contributed by atoms with E-state index in [2.05, 4.69) is 4.74 Å². The van der Waals surface area contributed by atoms with Gasteiger partial charge in [-0.2, -0.15) is 0 Å². The summed E-state index contributed by atoms with van der Waals surface area (Å²) in [5.74, 6) is 0.697. The Balaban J connectivity index is 2.26. The van der Waals surface area contributed by atoms with Crippen molar-refractivity contribution in [3.8, 4) is 5.75 Å². The molecular formula is C17H25N2O5. The Labute approximate surface area is 142 Å². The van der Waals surface area contributed by atoms with Crippen molar-refractivity contribution in [1.82, 2.24) is 4.90 Å². The lowest BCUT2D eigenvalue weighted by Gasteiger charge is -2.16. The highest BCUT2D eigenvalue weighted by Gasteiger charge is 2.09. The first-order chi connectivity index (χ1) is 11.5. The number of methoxy groups -OCH3 is 1. The molecule has 0 heterocycles. The van der Waals surface area contributed by atoms with Crippen LogP contribution in [0.15, 0.2) is 24.3 Å². The quantitative estimate of drug-likeness (QED) is 0.616. The number of rotatable bonds is 11. The van der Waals surface area contributed by atoms with Crippen LogP contribution >= 0.6 is 0 Å². The summed E-state index contributed by atoms with van der Waals surface area (Å²) in [5, 5.41) is 0. The van der Waals surface area contributed by atoms with E-state index in [0.29, 0.717) is 32.6 Å². The number of primary amides is 1. The molecule has 0 aromatic heterocycles. The number of ether oxygens (including phenoxy) is 3. The standard InChI is InChI=1S/C17H25N2O5/c1-19(10-13-22-2)16(20)9-6-14-4-7-15(8-5-14)23-11-3-12-24-17(18)21/h4-5,7-9H,3,6,10-13H2,1-2H3,(H2,18,21). The van der Waals surface area contributed by atoms with Crippen LogP contribution in [-0.4, -0.2) is 57.4 Å². The second-order valence-electron chi connectivity index (χ2n) is 5.17. The van der Waals surface area contributed by atoms with Crippen molar-refractivity contribution in [1.29, 1.82) is 0 Å². The van der Waals surface area contributed by atoms with Gasteiger partial charge in [-0.05, 0) is 24.1 Å². The van der Waals surface area contributed by atoms with Crippen LogP contribution in [0, 0.1) is 6.42 Å². The molecule has 24 heavy (non-hydrogen) atoms. The minimum absolute atomic E-state index is 0.0261. The van der Waals surface area contributed by atoms with Gasteiger partial charge in [0.15, 0.2) is 0 Å². The largest absolute Gasteiger partial charge is 0.493 e. The van der Waals surface area contributed by atoms with E-state index < -0.39 is 6.09 Å². The van der Waals surface area contributed by atoms with Crippen LogP contribution in [0.3, 0.4) is 0 Å². The van der Waals surface area contributed by atoms with E-state index in [1.807, 2.05) is 24.3 Å². The summed E-state index contributed by atoms with van der Waals surface area (Å²) in [6, 6.07) is 7.51. The highest BCUT2D eigenvalue weighted by molar-refractivity contribution is 5.84. The zero-order valence-corrected chi connectivity index (χ0v) is 14.2. The number of carbonyl (C=O) groups is 2. The lowest BCUT2D eigenvalue weighted by molar-refractivity contribution is -0.126. The van der Waals surface area contributed by atoms with E-state index >= 15 is 0 Å². The van der Waals surface area contributed by atoms with Crippen molar-refractivity contribution in [3.05, 3.63) is 36.2 Å². The molecule has 0 aliphatic rings. The normalized spacial score (nSPS) is 10.2. The summed E-state index contributed by atoms with van der Waals surface area (Å²) in [5.41, 5.74) is 5.88. The molecule has 0 saturated carbocycles. The average molecular weight is 337 g/mol. The monoisotopic (exact) mass is 337 g/mol. The van der Waals surface area contributed by atoms with Gasteiger partial charge in [0.25, 0.3) is 0 Å². The Morgan fingerprint density at radius 1 is 1.17 bits per heavy atom. The molecule has 7 heteroatoms. The van der Waals surface area contributed by atoms with E-state index in [0.717, 1.165) is 11.3 Å². The molecule has 7 nitrogen and oxygen atoms in total. The summed E-state index contributed by atoms with van der Waals surface area (Å²) in [4.78, 5) is 23.9. The van der Waals surface area contributed by atoms with E-state index in [4.69, 9.17) is 15.2 Å². The minimum Gasteiger partial charge on any atom is -0.493 e. The van der Waals surface area contributed by atoms with Gasteiger partial charge in [-0.3, -0.25) is 4.79 Å². The molecular weight excluding hydrogens is 312 g/mol. The van der Waals surface area contributed by atoms with E-state index in [1.54, 1.807) is 25.5 Å². The Kier molecular flexibility index (Phi) is 9.29. The molecule has 133 valence electrons. The second-order valence-corrected chi connectivity index (χ2v) is 5.17. The Morgan fingerprint density at radius 3 is 2.50 bits per heavy atom. The molecule has 0 bridgehead atoms. The van der Waals surface area contributed by atoms with Gasteiger partial charge in [-0.15, -0.1) is 0 Å². The first kappa shape index (κ1) is 19.8. The molecule has 1 radical (unpaired) electrons. The van der Waals surface area contributed by atoms with Crippen LogP contribution < -0.4 is 10.5 Å². The van der Waals surface area contributed by atoms with Gasteiger partial charge in [0.2, 0.25) is 5.91 Å². The molecule has 1 aromatic carbocycles. The Hall–Kier alpha value is -2.28. The smallest absolute Gasteiger partial charge is 0.404 e. The number of hydrogen-bond acceptors (Lipinski definition) is 5. The van der Waals surface area contributed by atoms with Crippen molar-refractivity contribution >= 4 is 12.0 Å². The lowest BCUT2D eigenvalue weighted by atomic mass is 10.1. The maximum absolute atomic E-state index is 11.9. The molecule has 0 unspecified atom stereocenters. The van der Waals surface area contributed by atoms with Crippen LogP contribution in [0.25, 0.3) is 0 Å². The van der Waals surface area contributed by atoms with E-state index in [-0.39, 0.29) is 12.5 Å². The highest BCUT2D eigenvalue weighted by Crippen LogP contribution is 2.13. The molecule has 1 aromatic rings. The molecule has 0 fully saturated rings. The van der Waals surface area contributed by atoms with E-state index in [1.165, 1.54) is 0 Å². The van der Waals surface area contributed by atoms with Crippen LogP contribution in [0.4, 0.5) is 4.79 Å². The summed E-state index contributed by atoms with van der Waals surface area (Å²) < 4.78 is 15.1. The molecule has 0 aliphatic carbocycles. The first-order valence-corrected chi connectivity index (χ1v) is 7.74. The molecule has 0 spiro atoms. The molecule has 0 atom stereocenters. The summed E-state index contributed by atoms with van der Waals surface area (Å²) in [7, 11) is 3.35. The molecule has 0 aliphatic heterocycles. The van der Waals surface area contributed by atoms with Gasteiger partial charge >= 0.3 is 6.09 Å². The fraction of sp³-hybridized carbons (Fsp3) is 0.471. The number of benzene rings is 1. The summed E-state index contributed by atoms with van der Waals surface area (Å²) in [6.45, 7) is 1.76. The lowest BCUT2D eigenvalue weighted by Crippen LogP contribution is -2.30. The number of nitrogens with zero attached hydrogens (tertiary/aromatic N) is 1. The third-order valence-corrected chi connectivity index (χ3v) is 3.24. The third kappa shape index (κ3) is 8.38. The first-order valence-electron chi connectivity index (χ1n) is 7.74. The number of nitrogens with two attached hydrogens (primary N) is 1. The van der Waals surface area contributed by atoms with Crippen molar-refractivity contribution in [2.45, 2.75) is 12.8 Å². The maximum atomic E-state index is 11.9. The van der Waals surface area contributed by atoms with E-state index in [9.17, 15) is 9.59 Å². The summed E-state index contributed by atoms with van der Waals surface area (Å²) in [6.07, 6.45) is 1.99. The van der Waals surface area contributed by atoms with Gasteiger partial charge in [-0.25, -0.2) is 4.79 Å². The SMILES string of the molecule is COCCN(C)C(=O)[CH]Cc1ccc(OCCCOC(N)=O)cc1. The second kappa shape index (κ2) is 11.3. The number of carbonyl (C=O) groups excluding carboxylic acids is 2. The molecule has 1 rings (SSSR count). The zero-order valence-electron chi connectivity index (χ0n) is 14.2. The fourth-order valence-electron chi connectivity index (χ4n) is 1.84. The number of likely N-dealkylation sites (N-methyl/N-ethyl adjacent to an activating group) is 1. The number of amides is 2. The van der Waals surface area contributed by atoms with Gasteiger partial charge in [0, 0.05) is 27.1 Å². The zero-order chi connectivity index (χ0) is 17.8. The topological polar surface area (TPSA) is 91.1 Å².